The summed E-state index contributed by atoms with van der Waals surface area (Å²) >= 11 is 16.8. The number of anilines is 2. The average Bonchev–Trinajstić information content (AvgIpc) is 3.54. The van der Waals surface area contributed by atoms with Crippen LogP contribution < -0.4 is 34.7 Å². The van der Waals surface area contributed by atoms with E-state index in [9.17, 15) is 14.4 Å². The lowest BCUT2D eigenvalue weighted by atomic mass is 10.00. The van der Waals surface area contributed by atoms with Gasteiger partial charge in [-0.1, -0.05) is 59.1 Å². The van der Waals surface area contributed by atoms with Gasteiger partial charge in [-0.2, -0.15) is 0 Å². The third kappa shape index (κ3) is 6.71. The Morgan fingerprint density at radius 3 is 2.43 bits per heavy atom. The molecule has 0 radical (unpaired) electrons. The molecule has 0 unspecified atom stereocenters. The monoisotopic (exact) mass is 726 g/mol. The van der Waals surface area contributed by atoms with Crippen molar-refractivity contribution in [3.8, 4) is 23.0 Å². The molecule has 12 nitrogen and oxygen atoms in total. The Hall–Kier alpha value is -4.91. The van der Waals surface area contributed by atoms with Crippen LogP contribution in [0.5, 0.6) is 23.0 Å². The van der Waals surface area contributed by atoms with Crippen LogP contribution in [0.3, 0.4) is 0 Å². The van der Waals surface area contributed by atoms with E-state index >= 15 is 0 Å². The zero-order valence-electron chi connectivity index (χ0n) is 26.4. The molecule has 0 aliphatic carbocycles. The van der Waals surface area contributed by atoms with E-state index in [1.165, 1.54) is 25.1 Å². The van der Waals surface area contributed by atoms with Gasteiger partial charge in [-0.3, -0.25) is 19.9 Å². The molecule has 2 N–H and O–H groups in total. The van der Waals surface area contributed by atoms with Crippen molar-refractivity contribution in [2.45, 2.75) is 16.6 Å². The number of alkyl halides is 3. The minimum Gasteiger partial charge on any atom is -0.493 e. The molecule has 4 aromatic carbocycles. The number of ether oxygens (including phenoxy) is 5. The summed E-state index contributed by atoms with van der Waals surface area (Å²) in [5.74, 6) is 0.612. The third-order valence-corrected chi connectivity index (χ3v) is 8.53. The normalized spacial score (nSPS) is 12.3. The maximum Gasteiger partial charge on any atom is 0.419 e. The molecule has 0 saturated heterocycles. The van der Waals surface area contributed by atoms with Crippen molar-refractivity contribution in [3.05, 3.63) is 71.0 Å². The average molecular weight is 728 g/mol. The first kappa shape index (κ1) is 34.0. The molecule has 0 fully saturated rings. The summed E-state index contributed by atoms with van der Waals surface area (Å²) in [7, 11) is 4.61. The van der Waals surface area contributed by atoms with Gasteiger partial charge in [-0.15, -0.1) is 0 Å². The van der Waals surface area contributed by atoms with Crippen molar-refractivity contribution in [2.24, 2.45) is 7.05 Å². The third-order valence-electron chi connectivity index (χ3n) is 8.01. The molecule has 0 bridgehead atoms. The highest BCUT2D eigenvalue weighted by atomic mass is 35.6. The maximum absolute atomic E-state index is 13.8. The van der Waals surface area contributed by atoms with Crippen LogP contribution >= 0.6 is 34.8 Å². The van der Waals surface area contributed by atoms with Crippen LogP contribution in [0.2, 0.25) is 0 Å². The van der Waals surface area contributed by atoms with E-state index in [1.54, 1.807) is 41.9 Å². The van der Waals surface area contributed by atoms with Crippen molar-refractivity contribution < 1.29 is 33.3 Å². The summed E-state index contributed by atoms with van der Waals surface area (Å²) in [4.78, 5) is 41.1. The number of pyridine rings is 1. The molecule has 254 valence electrons. The van der Waals surface area contributed by atoms with E-state index in [1.807, 2.05) is 24.3 Å². The predicted molar refractivity (Wildman–Crippen MR) is 190 cm³/mol. The van der Waals surface area contributed by atoms with Gasteiger partial charge in [-0.05, 0) is 48.2 Å². The molecule has 49 heavy (non-hydrogen) atoms. The zero-order valence-corrected chi connectivity index (χ0v) is 28.7. The highest BCUT2D eigenvalue weighted by Crippen LogP contribution is 2.41. The quantitative estimate of drug-likeness (QED) is 0.0558. The first-order valence-electron chi connectivity index (χ1n) is 14.9. The Morgan fingerprint density at radius 1 is 0.980 bits per heavy atom. The smallest absolute Gasteiger partial charge is 0.419 e. The Bertz CT molecular complexity index is 2220. The Labute approximate surface area is 294 Å². The Morgan fingerprint density at radius 2 is 1.69 bits per heavy atom. The second-order valence-electron chi connectivity index (χ2n) is 11.1. The second-order valence-corrected chi connectivity index (χ2v) is 13.4. The summed E-state index contributed by atoms with van der Waals surface area (Å²) in [6.07, 6.45) is -0.515. The number of nitrogens with one attached hydrogen (secondary N) is 2. The molecule has 15 heteroatoms. The van der Waals surface area contributed by atoms with Crippen molar-refractivity contribution in [2.75, 3.05) is 37.8 Å². The number of hydrogen-bond acceptors (Lipinski definition) is 9. The molecule has 1 aliphatic rings. The predicted octanol–water partition coefficient (Wildman–Crippen LogP) is 7.30. The molecule has 0 spiro atoms. The number of halogens is 3. The molecule has 5 aromatic rings. The Kier molecular flexibility index (Phi) is 9.39. The maximum atomic E-state index is 13.8. The number of hydrogen-bond donors (Lipinski definition) is 2. The number of para-hydroxylation sites is 2. The van der Waals surface area contributed by atoms with Gasteiger partial charge in [0.05, 0.1) is 36.0 Å². The molecule has 1 aromatic heterocycles. The van der Waals surface area contributed by atoms with Crippen molar-refractivity contribution >= 4 is 96.5 Å². The van der Waals surface area contributed by atoms with E-state index in [2.05, 4.69) is 5.32 Å². The number of rotatable bonds is 8. The standard InChI is InChI=1S/C34H29Cl3N4O8/c1-40(24-8-5-4-7-23(24)39-29(42)9-6-12-46-32(38)34(35,36)37)33(44)49-28-16-22-21(15-25(28)45-3)19-11-10-18-13-26-27(48-17-47-26)14-20(18)30(19)41(2)31(22)43/h4-5,7-8,10-11,13-16,38H,6,9,12,17H2,1-3H3,(H,39,42). The van der Waals surface area contributed by atoms with Gasteiger partial charge in [0.25, 0.3) is 9.35 Å². The molecule has 2 amide bonds. The molecular weight excluding hydrogens is 699 g/mol. The highest BCUT2D eigenvalue weighted by Gasteiger charge is 2.28. The number of carbonyl (C=O) groups excluding carboxylic acids is 2. The number of nitrogens with zero attached hydrogens (tertiary/aromatic N) is 2. The fraction of sp³-hybridized carbons (Fsp3) is 0.235. The minimum absolute atomic E-state index is 0.0106. The van der Waals surface area contributed by atoms with Gasteiger partial charge in [0.15, 0.2) is 23.0 Å². The molecule has 2 heterocycles. The minimum atomic E-state index is -1.98. The Balaban J connectivity index is 1.24. The summed E-state index contributed by atoms with van der Waals surface area (Å²) in [5.41, 5.74) is 1.10. The van der Waals surface area contributed by atoms with Gasteiger partial charge in [0, 0.05) is 36.7 Å². The van der Waals surface area contributed by atoms with E-state index in [-0.39, 0.29) is 49.2 Å². The largest absolute Gasteiger partial charge is 0.493 e. The van der Waals surface area contributed by atoms with Crippen molar-refractivity contribution in [1.29, 1.82) is 5.41 Å². The van der Waals surface area contributed by atoms with E-state index < -0.39 is 15.8 Å². The molecule has 6 rings (SSSR count). The van der Waals surface area contributed by atoms with Gasteiger partial charge in [0.2, 0.25) is 18.6 Å². The van der Waals surface area contributed by atoms with Gasteiger partial charge >= 0.3 is 6.09 Å². The molecule has 0 saturated carbocycles. The number of carbonyl (C=O) groups is 2. The fourth-order valence-electron chi connectivity index (χ4n) is 5.59. The number of aromatic nitrogens is 1. The van der Waals surface area contributed by atoms with Crippen LogP contribution in [0.25, 0.3) is 32.4 Å². The first-order valence-corrected chi connectivity index (χ1v) is 16.0. The number of benzene rings is 4. The summed E-state index contributed by atoms with van der Waals surface area (Å²) in [5, 5.41) is 13.8. The van der Waals surface area contributed by atoms with Gasteiger partial charge < -0.3 is 33.6 Å². The van der Waals surface area contributed by atoms with Gasteiger partial charge in [-0.25, -0.2) is 4.79 Å². The zero-order chi connectivity index (χ0) is 35.0. The number of fused-ring (bicyclic) bond motifs is 6. The summed E-state index contributed by atoms with van der Waals surface area (Å²) < 4.78 is 27.2. The molecule has 0 atom stereocenters. The SMILES string of the molecule is COc1cc2c(cc1OC(=O)N(C)c1ccccc1NC(=O)CCCOC(=N)C(Cl)(Cl)Cl)c(=O)n(C)c1c3cc4c(cc3ccc21)OCO4. The lowest BCUT2D eigenvalue weighted by molar-refractivity contribution is -0.116. The topological polar surface area (TPSA) is 141 Å². The second kappa shape index (κ2) is 13.5. The van der Waals surface area contributed by atoms with Crippen molar-refractivity contribution in [3.63, 3.8) is 0 Å². The lowest BCUT2D eigenvalue weighted by Gasteiger charge is -2.21. The van der Waals surface area contributed by atoms with Crippen LogP contribution in [0.4, 0.5) is 16.2 Å². The first-order chi connectivity index (χ1) is 23.4. The lowest BCUT2D eigenvalue weighted by Crippen LogP contribution is -2.30. The summed E-state index contributed by atoms with van der Waals surface area (Å²) in [6, 6.07) is 17.5. The summed E-state index contributed by atoms with van der Waals surface area (Å²) in [6.45, 7) is 0.119. The van der Waals surface area contributed by atoms with E-state index in [4.69, 9.17) is 63.9 Å². The van der Waals surface area contributed by atoms with Crippen LogP contribution in [-0.4, -0.2) is 53.8 Å². The number of aryl methyl sites for hydroxylation is 1. The fourth-order valence-corrected chi connectivity index (χ4v) is 5.76. The van der Waals surface area contributed by atoms with Crippen LogP contribution in [0.15, 0.2) is 65.5 Å². The van der Waals surface area contributed by atoms with E-state index in [0.717, 1.165) is 16.2 Å². The molecular formula is C34H29Cl3N4O8. The van der Waals surface area contributed by atoms with Crippen LogP contribution in [0, 0.1) is 5.41 Å². The van der Waals surface area contributed by atoms with Gasteiger partial charge in [0.1, 0.15) is 0 Å². The van der Waals surface area contributed by atoms with Crippen molar-refractivity contribution in [1.82, 2.24) is 4.57 Å². The number of amides is 2. The van der Waals surface area contributed by atoms with E-state index in [0.29, 0.717) is 39.2 Å². The highest BCUT2D eigenvalue weighted by molar-refractivity contribution is 6.76. The van der Waals surface area contributed by atoms with Crippen LogP contribution in [0.1, 0.15) is 12.8 Å². The van der Waals surface area contributed by atoms with Crippen LogP contribution in [-0.2, 0) is 16.6 Å². The number of methoxy groups -OCH3 is 1. The molecule has 1 aliphatic heterocycles.